The number of aromatic nitrogens is 1. The molecule has 1 heterocycles. The maximum absolute atomic E-state index is 6.02. The van der Waals surface area contributed by atoms with Crippen molar-refractivity contribution in [1.29, 1.82) is 0 Å². The quantitative estimate of drug-likeness (QED) is 0.795. The molecule has 2 nitrogen and oxygen atoms in total. The van der Waals surface area contributed by atoms with Crippen molar-refractivity contribution in [3.8, 4) is 0 Å². The molecule has 2 aromatic rings. The van der Waals surface area contributed by atoms with Gasteiger partial charge >= 0.3 is 0 Å². The van der Waals surface area contributed by atoms with Crippen LogP contribution in [-0.4, -0.2) is 12.0 Å². The van der Waals surface area contributed by atoms with Gasteiger partial charge in [0.05, 0.1) is 11.7 Å². The smallest absolute Gasteiger partial charge is 0.0719 e. The molecular formula is C14H13Br2ClN2. The maximum atomic E-state index is 6.02. The zero-order valence-electron chi connectivity index (χ0n) is 10.3. The number of nitrogens with zero attached hydrogens (tertiary/aromatic N) is 1. The molecule has 1 unspecified atom stereocenters. The predicted molar refractivity (Wildman–Crippen MR) is 86.6 cm³/mol. The summed E-state index contributed by atoms with van der Waals surface area (Å²) in [5, 5.41) is 4.06. The van der Waals surface area contributed by atoms with Crippen LogP contribution in [0.25, 0.3) is 0 Å². The fourth-order valence-corrected chi connectivity index (χ4v) is 3.39. The topological polar surface area (TPSA) is 24.9 Å². The Labute approximate surface area is 134 Å². The fraction of sp³-hybridized carbons (Fsp3) is 0.214. The highest BCUT2D eigenvalue weighted by atomic mass is 79.9. The van der Waals surface area contributed by atoms with Crippen molar-refractivity contribution in [3.05, 3.63) is 61.8 Å². The van der Waals surface area contributed by atoms with Crippen molar-refractivity contribution in [2.45, 2.75) is 12.5 Å². The summed E-state index contributed by atoms with van der Waals surface area (Å²) in [6, 6.07) is 10.1. The van der Waals surface area contributed by atoms with Gasteiger partial charge in [-0.05, 0) is 69.1 Å². The molecule has 0 radical (unpaired) electrons. The molecule has 19 heavy (non-hydrogen) atoms. The Bertz CT molecular complexity index is 575. The lowest BCUT2D eigenvalue weighted by molar-refractivity contribution is 0.573. The minimum atomic E-state index is 0.140. The van der Waals surface area contributed by atoms with Gasteiger partial charge in [0, 0.05) is 20.2 Å². The first kappa shape index (κ1) is 15.0. The largest absolute Gasteiger partial charge is 0.311 e. The van der Waals surface area contributed by atoms with E-state index in [1.165, 1.54) is 5.56 Å². The highest BCUT2D eigenvalue weighted by Gasteiger charge is 2.15. The van der Waals surface area contributed by atoms with Gasteiger partial charge in [0.15, 0.2) is 0 Å². The summed E-state index contributed by atoms with van der Waals surface area (Å²) in [7, 11) is 1.94. The summed E-state index contributed by atoms with van der Waals surface area (Å²) in [6.45, 7) is 0. The third kappa shape index (κ3) is 4.02. The SMILES string of the molecule is CNC(Cc1cccc(Cl)c1)c1ncc(Br)cc1Br. The third-order valence-corrected chi connectivity index (χ3v) is 4.15. The molecule has 0 spiro atoms. The van der Waals surface area contributed by atoms with Crippen LogP contribution in [0.3, 0.4) is 0 Å². The molecule has 1 atom stereocenters. The van der Waals surface area contributed by atoms with E-state index in [-0.39, 0.29) is 6.04 Å². The van der Waals surface area contributed by atoms with Crippen molar-refractivity contribution in [2.24, 2.45) is 0 Å². The molecule has 1 N–H and O–H groups in total. The maximum Gasteiger partial charge on any atom is 0.0719 e. The summed E-state index contributed by atoms with van der Waals surface area (Å²) >= 11 is 13.0. The molecule has 5 heteroatoms. The van der Waals surface area contributed by atoms with Crippen LogP contribution in [0.1, 0.15) is 17.3 Å². The van der Waals surface area contributed by atoms with Crippen LogP contribution < -0.4 is 5.32 Å². The number of pyridine rings is 1. The molecule has 0 aliphatic rings. The molecule has 0 saturated carbocycles. The zero-order chi connectivity index (χ0) is 13.8. The van der Waals surface area contributed by atoms with E-state index in [1.54, 1.807) is 0 Å². The van der Waals surface area contributed by atoms with Gasteiger partial charge < -0.3 is 5.32 Å². The molecule has 1 aromatic heterocycles. The monoisotopic (exact) mass is 402 g/mol. The molecule has 0 amide bonds. The van der Waals surface area contributed by atoms with E-state index < -0.39 is 0 Å². The highest BCUT2D eigenvalue weighted by Crippen LogP contribution is 2.27. The van der Waals surface area contributed by atoms with E-state index in [0.717, 1.165) is 26.1 Å². The lowest BCUT2D eigenvalue weighted by atomic mass is 10.0. The summed E-state index contributed by atoms with van der Waals surface area (Å²) < 4.78 is 1.95. The lowest BCUT2D eigenvalue weighted by Gasteiger charge is -2.17. The van der Waals surface area contributed by atoms with Gasteiger partial charge in [-0.2, -0.15) is 0 Å². The summed E-state index contributed by atoms with van der Waals surface area (Å²) in [5.74, 6) is 0. The lowest BCUT2D eigenvalue weighted by Crippen LogP contribution is -2.20. The highest BCUT2D eigenvalue weighted by molar-refractivity contribution is 9.11. The van der Waals surface area contributed by atoms with Gasteiger partial charge in [-0.15, -0.1) is 0 Å². The number of likely N-dealkylation sites (N-methyl/N-ethyl adjacent to an activating group) is 1. The van der Waals surface area contributed by atoms with E-state index in [9.17, 15) is 0 Å². The Kier molecular flexibility index (Phi) is 5.39. The summed E-state index contributed by atoms with van der Waals surface area (Å²) in [4.78, 5) is 4.48. The van der Waals surface area contributed by atoms with Gasteiger partial charge in [0.1, 0.15) is 0 Å². The normalized spacial score (nSPS) is 12.4. The van der Waals surface area contributed by atoms with Gasteiger partial charge in [-0.3, -0.25) is 4.98 Å². The summed E-state index contributed by atoms with van der Waals surface area (Å²) in [6.07, 6.45) is 2.65. The first-order valence-electron chi connectivity index (χ1n) is 5.83. The second-order valence-electron chi connectivity index (χ2n) is 4.20. The van der Waals surface area contributed by atoms with Crippen molar-refractivity contribution < 1.29 is 0 Å². The Morgan fingerprint density at radius 3 is 2.74 bits per heavy atom. The Morgan fingerprint density at radius 2 is 2.11 bits per heavy atom. The fourth-order valence-electron chi connectivity index (χ4n) is 1.92. The van der Waals surface area contributed by atoms with Crippen LogP contribution in [0.4, 0.5) is 0 Å². The van der Waals surface area contributed by atoms with Crippen molar-refractivity contribution >= 4 is 43.5 Å². The van der Waals surface area contributed by atoms with Crippen LogP contribution in [0.2, 0.25) is 5.02 Å². The standard InChI is InChI=1S/C14H13Br2ClN2/c1-18-13(6-9-3-2-4-11(17)5-9)14-12(16)7-10(15)8-19-14/h2-5,7-8,13,18H,6H2,1H3. The Morgan fingerprint density at radius 1 is 1.32 bits per heavy atom. The number of hydrogen-bond acceptors (Lipinski definition) is 2. The van der Waals surface area contributed by atoms with Crippen molar-refractivity contribution in [2.75, 3.05) is 7.05 Å². The minimum Gasteiger partial charge on any atom is -0.311 e. The number of hydrogen-bond donors (Lipinski definition) is 1. The first-order chi connectivity index (χ1) is 9.10. The Hall–Kier alpha value is -0.420. The van der Waals surface area contributed by atoms with Crippen LogP contribution in [0.15, 0.2) is 45.5 Å². The second-order valence-corrected chi connectivity index (χ2v) is 6.40. The summed E-state index contributed by atoms with van der Waals surface area (Å²) in [5.41, 5.74) is 2.18. The number of halogens is 3. The van der Waals surface area contributed by atoms with Gasteiger partial charge in [0.2, 0.25) is 0 Å². The predicted octanol–water partition coefficient (Wildman–Crippen LogP) is 4.76. The van der Waals surface area contributed by atoms with E-state index in [1.807, 2.05) is 37.5 Å². The second kappa shape index (κ2) is 6.84. The van der Waals surface area contributed by atoms with Crippen LogP contribution >= 0.6 is 43.5 Å². The van der Waals surface area contributed by atoms with Crippen molar-refractivity contribution in [3.63, 3.8) is 0 Å². The van der Waals surface area contributed by atoms with E-state index in [0.29, 0.717) is 0 Å². The van der Waals surface area contributed by atoms with Crippen LogP contribution in [0.5, 0.6) is 0 Å². The van der Waals surface area contributed by atoms with Gasteiger partial charge in [0.25, 0.3) is 0 Å². The van der Waals surface area contributed by atoms with Crippen LogP contribution in [-0.2, 0) is 6.42 Å². The number of benzene rings is 1. The van der Waals surface area contributed by atoms with Gasteiger partial charge in [-0.1, -0.05) is 23.7 Å². The van der Waals surface area contributed by atoms with Gasteiger partial charge in [-0.25, -0.2) is 0 Å². The average Bonchev–Trinajstić information content (AvgIpc) is 2.37. The molecule has 0 fully saturated rings. The van der Waals surface area contributed by atoms with Crippen LogP contribution in [0, 0.1) is 0 Å². The van der Waals surface area contributed by atoms with E-state index in [4.69, 9.17) is 11.6 Å². The molecule has 1 aromatic carbocycles. The molecular weight excluding hydrogens is 391 g/mol. The third-order valence-electron chi connectivity index (χ3n) is 2.84. The average molecular weight is 405 g/mol. The first-order valence-corrected chi connectivity index (χ1v) is 7.79. The Balaban J connectivity index is 2.25. The molecule has 100 valence electrons. The minimum absolute atomic E-state index is 0.140. The molecule has 0 aliphatic heterocycles. The zero-order valence-corrected chi connectivity index (χ0v) is 14.3. The molecule has 0 aliphatic carbocycles. The molecule has 0 saturated heterocycles. The van der Waals surface area contributed by atoms with E-state index >= 15 is 0 Å². The molecule has 2 rings (SSSR count). The van der Waals surface area contributed by atoms with Crippen molar-refractivity contribution in [1.82, 2.24) is 10.3 Å². The molecule has 0 bridgehead atoms. The number of rotatable bonds is 4. The number of nitrogens with one attached hydrogen (secondary N) is 1. The van der Waals surface area contributed by atoms with E-state index in [2.05, 4.69) is 48.2 Å².